The molecule has 1 atom stereocenters. The number of fused-ring (bicyclic) bond motifs is 1. The number of carbonyl (C=O) groups excluding carboxylic acids is 2. The van der Waals surface area contributed by atoms with Crippen molar-refractivity contribution >= 4 is 32.7 Å². The monoisotopic (exact) mass is 442 g/mol. The molecule has 0 aliphatic rings. The number of ketones is 1. The van der Waals surface area contributed by atoms with Gasteiger partial charge in [0.05, 0.1) is 28.5 Å². The molecule has 3 rings (SSSR count). The van der Waals surface area contributed by atoms with Crippen LogP contribution >= 0.6 is 0 Å². The number of carbonyl (C=O) groups is 2. The zero-order chi connectivity index (χ0) is 22.8. The maximum Gasteiger partial charge on any atom is 0.243 e. The summed E-state index contributed by atoms with van der Waals surface area (Å²) in [5.41, 5.74) is 2.09. The maximum atomic E-state index is 12.8. The van der Waals surface area contributed by atoms with Crippen LogP contribution in [0.3, 0.4) is 0 Å². The molecule has 0 saturated carbocycles. The molecule has 1 aromatic heterocycles. The molecule has 8 nitrogen and oxygen atoms in total. The number of nitrogens with zero attached hydrogens (tertiary/aromatic N) is 2. The number of imidazole rings is 1. The average Bonchev–Trinajstić information content (AvgIpc) is 3.15. The standard InChI is InChI=1S/C22H26N4O4S/c1-14(2)21(22-23-18-7-5-6-8-19(18)24-22)25-20(28)13-26(4)31(29,30)17-11-9-16(10-12-17)15(3)27/h5-12,14,21H,13H2,1-4H3,(H,23,24)(H,25,28)/t21-/m0/s1. The van der Waals surface area contributed by atoms with Gasteiger partial charge in [0.25, 0.3) is 0 Å². The van der Waals surface area contributed by atoms with Crippen LogP contribution in [0.2, 0.25) is 0 Å². The molecule has 2 N–H and O–H groups in total. The third-order valence-electron chi connectivity index (χ3n) is 5.02. The van der Waals surface area contributed by atoms with Gasteiger partial charge in [-0.05, 0) is 37.1 Å². The zero-order valence-corrected chi connectivity index (χ0v) is 18.7. The van der Waals surface area contributed by atoms with Crippen molar-refractivity contribution in [2.75, 3.05) is 13.6 Å². The molecule has 31 heavy (non-hydrogen) atoms. The first-order chi connectivity index (χ1) is 14.6. The zero-order valence-electron chi connectivity index (χ0n) is 17.9. The number of sulfonamides is 1. The van der Waals surface area contributed by atoms with Crippen molar-refractivity contribution in [3.63, 3.8) is 0 Å². The van der Waals surface area contributed by atoms with E-state index in [4.69, 9.17) is 0 Å². The maximum absolute atomic E-state index is 12.8. The van der Waals surface area contributed by atoms with Crippen molar-refractivity contribution in [2.24, 2.45) is 5.92 Å². The lowest BCUT2D eigenvalue weighted by molar-refractivity contribution is -0.122. The van der Waals surface area contributed by atoms with E-state index in [1.165, 1.54) is 38.2 Å². The van der Waals surface area contributed by atoms with Crippen LogP contribution in [0, 0.1) is 5.92 Å². The van der Waals surface area contributed by atoms with E-state index in [-0.39, 0.29) is 23.1 Å². The van der Waals surface area contributed by atoms with Gasteiger partial charge in [-0.3, -0.25) is 9.59 Å². The van der Waals surface area contributed by atoms with Crippen LogP contribution in [-0.2, 0) is 14.8 Å². The normalized spacial score (nSPS) is 13.0. The van der Waals surface area contributed by atoms with Gasteiger partial charge < -0.3 is 10.3 Å². The van der Waals surface area contributed by atoms with Crippen LogP contribution < -0.4 is 5.32 Å². The Hall–Kier alpha value is -3.04. The molecule has 0 fully saturated rings. The number of Topliss-reactive ketones (excluding diaryl/α,β-unsaturated/α-hetero) is 1. The predicted octanol–water partition coefficient (Wildman–Crippen LogP) is 2.90. The third kappa shape index (κ3) is 5.00. The van der Waals surface area contributed by atoms with E-state index >= 15 is 0 Å². The first kappa shape index (κ1) is 22.6. The minimum atomic E-state index is -3.88. The number of aromatic nitrogens is 2. The lowest BCUT2D eigenvalue weighted by Gasteiger charge is -2.22. The summed E-state index contributed by atoms with van der Waals surface area (Å²) < 4.78 is 26.6. The number of likely N-dealkylation sites (N-methyl/N-ethyl adjacent to an activating group) is 1. The predicted molar refractivity (Wildman–Crippen MR) is 118 cm³/mol. The molecule has 1 heterocycles. The Kier molecular flexibility index (Phi) is 6.56. The molecule has 0 saturated heterocycles. The molecule has 0 spiro atoms. The molecule has 0 bridgehead atoms. The van der Waals surface area contributed by atoms with Gasteiger partial charge in [0.1, 0.15) is 5.82 Å². The second kappa shape index (κ2) is 8.99. The third-order valence-corrected chi connectivity index (χ3v) is 6.84. The van der Waals surface area contributed by atoms with Gasteiger partial charge in [-0.25, -0.2) is 13.4 Å². The molecule has 0 unspecified atom stereocenters. The highest BCUT2D eigenvalue weighted by molar-refractivity contribution is 7.89. The Morgan fingerprint density at radius 3 is 2.32 bits per heavy atom. The van der Waals surface area contributed by atoms with Gasteiger partial charge in [-0.2, -0.15) is 4.31 Å². The molecule has 2 aromatic carbocycles. The van der Waals surface area contributed by atoms with Crippen LogP contribution in [0.15, 0.2) is 53.4 Å². The van der Waals surface area contributed by atoms with Gasteiger partial charge in [-0.1, -0.05) is 38.1 Å². The van der Waals surface area contributed by atoms with Crippen LogP contribution in [-0.4, -0.2) is 48.0 Å². The van der Waals surface area contributed by atoms with Crippen LogP contribution in [0.1, 0.15) is 43.0 Å². The van der Waals surface area contributed by atoms with E-state index in [0.717, 1.165) is 15.3 Å². The summed E-state index contributed by atoms with van der Waals surface area (Å²) in [5, 5.41) is 2.89. The number of rotatable bonds is 8. The first-order valence-corrected chi connectivity index (χ1v) is 11.3. The van der Waals surface area contributed by atoms with E-state index < -0.39 is 22.0 Å². The van der Waals surface area contributed by atoms with E-state index in [2.05, 4.69) is 15.3 Å². The topological polar surface area (TPSA) is 112 Å². The van der Waals surface area contributed by atoms with E-state index in [1.54, 1.807) is 0 Å². The van der Waals surface area contributed by atoms with E-state index in [0.29, 0.717) is 11.4 Å². The molecule has 3 aromatic rings. The Bertz CT molecular complexity index is 1170. The van der Waals surface area contributed by atoms with Crippen LogP contribution in [0.4, 0.5) is 0 Å². The summed E-state index contributed by atoms with van der Waals surface area (Å²) in [7, 11) is -2.53. The number of H-pyrrole nitrogens is 1. The number of hydrogen-bond acceptors (Lipinski definition) is 5. The highest BCUT2D eigenvalue weighted by atomic mass is 32.2. The fourth-order valence-electron chi connectivity index (χ4n) is 3.22. The molecule has 164 valence electrons. The summed E-state index contributed by atoms with van der Waals surface area (Å²) in [6.07, 6.45) is 0. The van der Waals surface area contributed by atoms with Crippen molar-refractivity contribution < 1.29 is 18.0 Å². The van der Waals surface area contributed by atoms with Gasteiger partial charge in [0.2, 0.25) is 15.9 Å². The molecular weight excluding hydrogens is 416 g/mol. The van der Waals surface area contributed by atoms with Gasteiger partial charge in [-0.15, -0.1) is 0 Å². The van der Waals surface area contributed by atoms with Crippen LogP contribution in [0.5, 0.6) is 0 Å². The number of amides is 1. The Labute approximate surface area is 181 Å². The molecule has 0 radical (unpaired) electrons. The van der Waals surface area contributed by atoms with Crippen molar-refractivity contribution in [3.05, 3.63) is 59.9 Å². The number of hydrogen-bond donors (Lipinski definition) is 2. The number of nitrogens with one attached hydrogen (secondary N) is 2. The highest BCUT2D eigenvalue weighted by Crippen LogP contribution is 2.22. The lowest BCUT2D eigenvalue weighted by atomic mass is 10.0. The second-order valence-electron chi connectivity index (χ2n) is 7.77. The number of aromatic amines is 1. The minimum Gasteiger partial charge on any atom is -0.345 e. The molecular formula is C22H26N4O4S. The summed E-state index contributed by atoms with van der Waals surface area (Å²) in [6, 6.07) is 12.8. The lowest BCUT2D eigenvalue weighted by Crippen LogP contribution is -2.41. The SMILES string of the molecule is CC(=O)c1ccc(S(=O)(=O)N(C)CC(=O)N[C@H](c2nc3ccccc3[nH]2)C(C)C)cc1. The van der Waals surface area contributed by atoms with Gasteiger partial charge >= 0.3 is 0 Å². The summed E-state index contributed by atoms with van der Waals surface area (Å²) >= 11 is 0. The first-order valence-electron chi connectivity index (χ1n) is 9.91. The minimum absolute atomic E-state index is 0.0190. The van der Waals surface area contributed by atoms with Crippen molar-refractivity contribution in [3.8, 4) is 0 Å². The Morgan fingerprint density at radius 2 is 1.74 bits per heavy atom. The number of benzene rings is 2. The summed E-state index contributed by atoms with van der Waals surface area (Å²) in [4.78, 5) is 31.9. The van der Waals surface area contributed by atoms with Gasteiger partial charge in [0.15, 0.2) is 5.78 Å². The largest absolute Gasteiger partial charge is 0.345 e. The summed E-state index contributed by atoms with van der Waals surface area (Å²) in [6.45, 7) is 4.97. The van der Waals surface area contributed by atoms with Crippen LogP contribution in [0.25, 0.3) is 11.0 Å². The Balaban J connectivity index is 1.73. The fraction of sp³-hybridized carbons (Fsp3) is 0.318. The van der Waals surface area contributed by atoms with E-state index in [9.17, 15) is 18.0 Å². The second-order valence-corrected chi connectivity index (χ2v) is 9.81. The average molecular weight is 443 g/mol. The Morgan fingerprint density at radius 1 is 1.10 bits per heavy atom. The number of para-hydroxylation sites is 2. The van der Waals surface area contributed by atoms with Gasteiger partial charge in [0, 0.05) is 12.6 Å². The fourth-order valence-corrected chi connectivity index (χ4v) is 4.35. The molecule has 9 heteroatoms. The van der Waals surface area contributed by atoms with Crippen molar-refractivity contribution in [2.45, 2.75) is 31.7 Å². The quantitative estimate of drug-likeness (QED) is 0.521. The van der Waals surface area contributed by atoms with Crippen molar-refractivity contribution in [1.82, 2.24) is 19.6 Å². The molecule has 1 amide bonds. The van der Waals surface area contributed by atoms with Crippen molar-refractivity contribution in [1.29, 1.82) is 0 Å². The smallest absolute Gasteiger partial charge is 0.243 e. The highest BCUT2D eigenvalue weighted by Gasteiger charge is 2.26. The molecule has 0 aliphatic heterocycles. The molecule has 0 aliphatic carbocycles. The summed E-state index contributed by atoms with van der Waals surface area (Å²) in [5.74, 6) is 0.0630. The van der Waals surface area contributed by atoms with E-state index in [1.807, 2.05) is 38.1 Å².